The van der Waals surface area contributed by atoms with Crippen LogP contribution >= 0.6 is 15.9 Å². The van der Waals surface area contributed by atoms with Gasteiger partial charge >= 0.3 is 0 Å². The number of nitrogens with zero attached hydrogens (tertiary/aromatic N) is 4. The van der Waals surface area contributed by atoms with Crippen molar-refractivity contribution in [3.05, 3.63) is 59.7 Å². The standard InChI is InChI=1S/C13H9BrN4/c14-12-9-18(11-2-1-5-16-8-11)17-13(12)10-3-6-15-7-4-10/h1-9H. The molecule has 3 rings (SSSR count). The van der Waals surface area contributed by atoms with Crippen LogP contribution in [0.1, 0.15) is 0 Å². The molecule has 5 heteroatoms. The van der Waals surface area contributed by atoms with E-state index >= 15 is 0 Å². The van der Waals surface area contributed by atoms with Gasteiger partial charge in [-0.3, -0.25) is 9.97 Å². The molecule has 0 unspecified atom stereocenters. The van der Waals surface area contributed by atoms with E-state index in [1.807, 2.05) is 30.5 Å². The van der Waals surface area contributed by atoms with Gasteiger partial charge in [0.25, 0.3) is 0 Å². The minimum atomic E-state index is 0.890. The van der Waals surface area contributed by atoms with Gasteiger partial charge in [0.15, 0.2) is 0 Å². The van der Waals surface area contributed by atoms with Crippen LogP contribution in [0.4, 0.5) is 0 Å². The van der Waals surface area contributed by atoms with Crippen LogP contribution in [0, 0.1) is 0 Å². The van der Waals surface area contributed by atoms with E-state index in [2.05, 4.69) is 31.0 Å². The monoisotopic (exact) mass is 300 g/mol. The average Bonchev–Trinajstić information content (AvgIpc) is 2.83. The predicted octanol–water partition coefficient (Wildman–Crippen LogP) is 3.09. The van der Waals surface area contributed by atoms with Crippen LogP contribution in [-0.2, 0) is 0 Å². The Hall–Kier alpha value is -2.01. The first-order chi connectivity index (χ1) is 8.84. The topological polar surface area (TPSA) is 43.6 Å². The van der Waals surface area contributed by atoms with Gasteiger partial charge in [-0.2, -0.15) is 5.10 Å². The molecule has 0 bridgehead atoms. The number of rotatable bonds is 2. The summed E-state index contributed by atoms with van der Waals surface area (Å²) >= 11 is 3.53. The largest absolute Gasteiger partial charge is 0.265 e. The van der Waals surface area contributed by atoms with Crippen LogP contribution in [-0.4, -0.2) is 19.7 Å². The molecule has 3 aromatic heterocycles. The van der Waals surface area contributed by atoms with Gasteiger partial charge in [-0.15, -0.1) is 0 Å². The molecule has 0 atom stereocenters. The molecule has 18 heavy (non-hydrogen) atoms. The second-order valence-corrected chi connectivity index (χ2v) is 4.57. The molecule has 0 fully saturated rings. The predicted molar refractivity (Wildman–Crippen MR) is 72.3 cm³/mol. The first-order valence-electron chi connectivity index (χ1n) is 5.40. The van der Waals surface area contributed by atoms with Crippen molar-refractivity contribution in [3.63, 3.8) is 0 Å². The van der Waals surface area contributed by atoms with Crippen molar-refractivity contribution < 1.29 is 0 Å². The molecule has 0 aliphatic heterocycles. The van der Waals surface area contributed by atoms with Gasteiger partial charge in [-0.1, -0.05) is 0 Å². The van der Waals surface area contributed by atoms with E-state index in [0.717, 1.165) is 21.4 Å². The molecule has 0 saturated heterocycles. The highest BCUT2D eigenvalue weighted by Gasteiger charge is 2.09. The molecule has 0 aromatic carbocycles. The molecule has 3 heterocycles. The summed E-state index contributed by atoms with van der Waals surface area (Å²) in [6.45, 7) is 0. The van der Waals surface area contributed by atoms with Crippen molar-refractivity contribution in [2.45, 2.75) is 0 Å². The second-order valence-electron chi connectivity index (χ2n) is 3.72. The van der Waals surface area contributed by atoms with E-state index in [-0.39, 0.29) is 0 Å². The lowest BCUT2D eigenvalue weighted by atomic mass is 10.2. The fourth-order valence-electron chi connectivity index (χ4n) is 1.68. The molecule has 0 amide bonds. The Balaban J connectivity index is 2.07. The summed E-state index contributed by atoms with van der Waals surface area (Å²) in [4.78, 5) is 8.09. The van der Waals surface area contributed by atoms with E-state index in [1.54, 1.807) is 29.5 Å². The lowest BCUT2D eigenvalue weighted by Crippen LogP contribution is -1.95. The Bertz CT molecular complexity index is 649. The lowest BCUT2D eigenvalue weighted by Gasteiger charge is -1.99. The number of pyridine rings is 2. The maximum atomic E-state index is 4.55. The van der Waals surface area contributed by atoms with Crippen LogP contribution in [0.2, 0.25) is 0 Å². The SMILES string of the molecule is Brc1cn(-c2cccnc2)nc1-c1ccncc1. The van der Waals surface area contributed by atoms with Gasteiger partial charge in [-0.05, 0) is 40.2 Å². The van der Waals surface area contributed by atoms with E-state index in [0.29, 0.717) is 0 Å². The molecule has 0 radical (unpaired) electrons. The molecule has 4 nitrogen and oxygen atoms in total. The Labute approximate surface area is 112 Å². The van der Waals surface area contributed by atoms with Crippen molar-refractivity contribution in [1.29, 1.82) is 0 Å². The molecule has 0 aliphatic rings. The Kier molecular flexibility index (Phi) is 2.90. The average molecular weight is 301 g/mol. The summed E-state index contributed by atoms with van der Waals surface area (Å²) in [5, 5.41) is 4.55. The third kappa shape index (κ3) is 2.04. The summed E-state index contributed by atoms with van der Waals surface area (Å²) < 4.78 is 2.74. The van der Waals surface area contributed by atoms with Gasteiger partial charge in [0.05, 0.1) is 16.4 Å². The highest BCUT2D eigenvalue weighted by atomic mass is 79.9. The molecule has 0 aliphatic carbocycles. The molecule has 88 valence electrons. The zero-order chi connectivity index (χ0) is 12.4. The summed E-state index contributed by atoms with van der Waals surface area (Å²) in [6.07, 6.45) is 8.95. The number of aromatic nitrogens is 4. The van der Waals surface area contributed by atoms with Crippen molar-refractivity contribution in [2.75, 3.05) is 0 Å². The first-order valence-corrected chi connectivity index (χ1v) is 6.20. The normalized spacial score (nSPS) is 10.5. The van der Waals surface area contributed by atoms with E-state index in [4.69, 9.17) is 0 Å². The van der Waals surface area contributed by atoms with Gasteiger partial charge < -0.3 is 0 Å². The number of hydrogen-bond donors (Lipinski definition) is 0. The fourth-order valence-corrected chi connectivity index (χ4v) is 2.18. The van der Waals surface area contributed by atoms with Gasteiger partial charge in [-0.25, -0.2) is 4.68 Å². The van der Waals surface area contributed by atoms with Crippen LogP contribution in [0.25, 0.3) is 16.9 Å². The van der Waals surface area contributed by atoms with Gasteiger partial charge in [0.1, 0.15) is 5.69 Å². The smallest absolute Gasteiger partial charge is 0.107 e. The Morgan fingerprint density at radius 1 is 1.00 bits per heavy atom. The van der Waals surface area contributed by atoms with Crippen molar-refractivity contribution in [3.8, 4) is 16.9 Å². The minimum absolute atomic E-state index is 0.890. The van der Waals surface area contributed by atoms with E-state index in [1.165, 1.54) is 0 Å². The zero-order valence-electron chi connectivity index (χ0n) is 9.36. The Morgan fingerprint density at radius 2 is 1.83 bits per heavy atom. The van der Waals surface area contributed by atoms with Gasteiger partial charge in [0, 0.05) is 30.4 Å². The van der Waals surface area contributed by atoms with Crippen molar-refractivity contribution in [1.82, 2.24) is 19.7 Å². The van der Waals surface area contributed by atoms with E-state index in [9.17, 15) is 0 Å². The summed E-state index contributed by atoms with van der Waals surface area (Å²) in [7, 11) is 0. The fraction of sp³-hybridized carbons (Fsp3) is 0. The summed E-state index contributed by atoms with van der Waals surface area (Å²) in [5.74, 6) is 0. The highest BCUT2D eigenvalue weighted by molar-refractivity contribution is 9.10. The Morgan fingerprint density at radius 3 is 2.56 bits per heavy atom. The summed E-state index contributed by atoms with van der Waals surface area (Å²) in [6, 6.07) is 7.71. The van der Waals surface area contributed by atoms with Crippen LogP contribution in [0.15, 0.2) is 59.7 Å². The zero-order valence-corrected chi connectivity index (χ0v) is 10.9. The van der Waals surface area contributed by atoms with Gasteiger partial charge in [0.2, 0.25) is 0 Å². The first kappa shape index (κ1) is 11.1. The molecular formula is C13H9BrN4. The quantitative estimate of drug-likeness (QED) is 0.730. The molecule has 0 N–H and O–H groups in total. The molecule has 0 saturated carbocycles. The number of hydrogen-bond acceptors (Lipinski definition) is 3. The minimum Gasteiger partial charge on any atom is -0.265 e. The summed E-state index contributed by atoms with van der Waals surface area (Å²) in [5.41, 5.74) is 2.85. The lowest BCUT2D eigenvalue weighted by molar-refractivity contribution is 0.877. The third-order valence-electron chi connectivity index (χ3n) is 2.53. The maximum absolute atomic E-state index is 4.55. The molecular weight excluding hydrogens is 292 g/mol. The highest BCUT2D eigenvalue weighted by Crippen LogP contribution is 2.27. The molecule has 3 aromatic rings. The number of halogens is 1. The second kappa shape index (κ2) is 4.70. The van der Waals surface area contributed by atoms with Crippen LogP contribution in [0.3, 0.4) is 0 Å². The van der Waals surface area contributed by atoms with E-state index < -0.39 is 0 Å². The van der Waals surface area contributed by atoms with Crippen molar-refractivity contribution >= 4 is 15.9 Å². The maximum Gasteiger partial charge on any atom is 0.107 e. The van der Waals surface area contributed by atoms with Crippen LogP contribution in [0.5, 0.6) is 0 Å². The third-order valence-corrected chi connectivity index (χ3v) is 3.11. The molecule has 0 spiro atoms. The van der Waals surface area contributed by atoms with Crippen LogP contribution < -0.4 is 0 Å². The van der Waals surface area contributed by atoms with Crippen molar-refractivity contribution in [2.24, 2.45) is 0 Å².